The van der Waals surface area contributed by atoms with Crippen LogP contribution in [0.2, 0.25) is 5.02 Å². The van der Waals surface area contributed by atoms with Gasteiger partial charge in [0.05, 0.1) is 10.6 Å². The maximum Gasteiger partial charge on any atom is 0.252 e. The number of carbonyl (C=O) groups is 2. The van der Waals surface area contributed by atoms with Crippen LogP contribution in [0.25, 0.3) is 0 Å². The lowest BCUT2D eigenvalue weighted by Gasteiger charge is -2.06. The minimum Gasteiger partial charge on any atom is -0.353 e. The maximum absolute atomic E-state index is 11.8. The molecule has 1 fully saturated rings. The van der Waals surface area contributed by atoms with Crippen LogP contribution in [0.5, 0.6) is 0 Å². The molecule has 0 unspecified atom stereocenters. The summed E-state index contributed by atoms with van der Waals surface area (Å²) in [4.78, 5) is 23.1. The number of benzene rings is 1. The fourth-order valence-corrected chi connectivity index (χ4v) is 1.78. The van der Waals surface area contributed by atoms with E-state index in [1.807, 2.05) is 0 Å². The molecule has 0 spiro atoms. The molecule has 0 radical (unpaired) electrons. The fourth-order valence-electron chi connectivity index (χ4n) is 1.56. The molecule has 2 amide bonds. The highest BCUT2D eigenvalue weighted by Gasteiger charge is 2.22. The number of amides is 2. The third-order valence-corrected chi connectivity index (χ3v) is 3.03. The molecular formula is C13H15ClN2O2. The zero-order chi connectivity index (χ0) is 13.0. The van der Waals surface area contributed by atoms with E-state index < -0.39 is 0 Å². The number of hydrogen-bond acceptors (Lipinski definition) is 2. The molecule has 1 aromatic carbocycles. The van der Waals surface area contributed by atoms with Gasteiger partial charge in [-0.05, 0) is 25.0 Å². The molecule has 1 aliphatic rings. The van der Waals surface area contributed by atoms with Gasteiger partial charge in [-0.2, -0.15) is 0 Å². The summed E-state index contributed by atoms with van der Waals surface area (Å²) in [5.41, 5.74) is 0.432. The first-order valence-corrected chi connectivity index (χ1v) is 6.36. The van der Waals surface area contributed by atoms with E-state index in [1.165, 1.54) is 0 Å². The molecule has 0 saturated heterocycles. The average Bonchev–Trinajstić information content (AvgIpc) is 3.13. The Labute approximate surface area is 111 Å². The van der Waals surface area contributed by atoms with Crippen LogP contribution in [0.4, 0.5) is 0 Å². The normalized spacial score (nSPS) is 14.1. The Morgan fingerprint density at radius 2 is 2.00 bits per heavy atom. The van der Waals surface area contributed by atoms with E-state index in [0.29, 0.717) is 29.6 Å². The van der Waals surface area contributed by atoms with Gasteiger partial charge in [-0.3, -0.25) is 9.59 Å². The smallest absolute Gasteiger partial charge is 0.252 e. The van der Waals surface area contributed by atoms with Gasteiger partial charge in [0.2, 0.25) is 5.91 Å². The van der Waals surface area contributed by atoms with Crippen molar-refractivity contribution in [1.29, 1.82) is 0 Å². The molecule has 1 aliphatic carbocycles. The topological polar surface area (TPSA) is 58.2 Å². The monoisotopic (exact) mass is 266 g/mol. The number of hydrogen-bond donors (Lipinski definition) is 2. The summed E-state index contributed by atoms with van der Waals surface area (Å²) in [7, 11) is 0. The number of halogens is 1. The minimum absolute atomic E-state index is 0.0167. The quantitative estimate of drug-likeness (QED) is 0.853. The third-order valence-electron chi connectivity index (χ3n) is 2.70. The molecule has 2 N–H and O–H groups in total. The summed E-state index contributed by atoms with van der Waals surface area (Å²) in [5, 5.41) is 5.96. The molecule has 0 aromatic heterocycles. The molecule has 1 saturated carbocycles. The van der Waals surface area contributed by atoms with Crippen LogP contribution in [0.3, 0.4) is 0 Å². The second kappa shape index (κ2) is 5.87. The Hall–Kier alpha value is -1.55. The van der Waals surface area contributed by atoms with Crippen LogP contribution in [-0.4, -0.2) is 24.4 Å². The molecular weight excluding hydrogens is 252 g/mol. The molecule has 0 atom stereocenters. The van der Waals surface area contributed by atoms with Crippen molar-refractivity contribution in [2.24, 2.45) is 0 Å². The van der Waals surface area contributed by atoms with Crippen LogP contribution >= 0.6 is 11.6 Å². The molecule has 18 heavy (non-hydrogen) atoms. The molecule has 0 bridgehead atoms. The predicted molar refractivity (Wildman–Crippen MR) is 69.6 cm³/mol. The second-order valence-electron chi connectivity index (χ2n) is 4.33. The van der Waals surface area contributed by atoms with Gasteiger partial charge in [0.15, 0.2) is 0 Å². The maximum atomic E-state index is 11.8. The lowest BCUT2D eigenvalue weighted by Crippen LogP contribution is -2.31. The van der Waals surface area contributed by atoms with Crippen LogP contribution in [-0.2, 0) is 4.79 Å². The molecule has 4 nitrogen and oxygen atoms in total. The first kappa shape index (κ1) is 12.9. The van der Waals surface area contributed by atoms with E-state index in [1.54, 1.807) is 24.3 Å². The predicted octanol–water partition coefficient (Wildman–Crippen LogP) is 1.74. The SMILES string of the molecule is O=C(CCNC(=O)c1ccccc1Cl)NC1CC1. The summed E-state index contributed by atoms with van der Waals surface area (Å²) in [6.45, 7) is 0.322. The van der Waals surface area contributed by atoms with Crippen molar-refractivity contribution in [3.05, 3.63) is 34.9 Å². The summed E-state index contributed by atoms with van der Waals surface area (Å²) in [5.74, 6) is -0.267. The van der Waals surface area contributed by atoms with Crippen molar-refractivity contribution in [3.8, 4) is 0 Å². The summed E-state index contributed by atoms with van der Waals surface area (Å²) in [6, 6.07) is 7.19. The number of rotatable bonds is 5. The lowest BCUT2D eigenvalue weighted by atomic mass is 10.2. The van der Waals surface area contributed by atoms with Gasteiger partial charge in [0.25, 0.3) is 5.91 Å². The molecule has 5 heteroatoms. The zero-order valence-electron chi connectivity index (χ0n) is 9.91. The number of nitrogens with one attached hydrogen (secondary N) is 2. The Balaban J connectivity index is 1.74. The Morgan fingerprint density at radius 1 is 1.28 bits per heavy atom. The van der Waals surface area contributed by atoms with Gasteiger partial charge in [0, 0.05) is 19.0 Å². The van der Waals surface area contributed by atoms with Crippen molar-refractivity contribution in [2.45, 2.75) is 25.3 Å². The highest BCUT2D eigenvalue weighted by Crippen LogP contribution is 2.18. The van der Waals surface area contributed by atoms with Gasteiger partial charge in [0.1, 0.15) is 0 Å². The molecule has 0 aliphatic heterocycles. The van der Waals surface area contributed by atoms with E-state index >= 15 is 0 Å². The minimum atomic E-state index is -0.250. The third kappa shape index (κ3) is 3.74. The van der Waals surface area contributed by atoms with E-state index in [9.17, 15) is 9.59 Å². The Kier molecular flexibility index (Phi) is 4.20. The lowest BCUT2D eigenvalue weighted by molar-refractivity contribution is -0.121. The van der Waals surface area contributed by atoms with Crippen molar-refractivity contribution in [1.82, 2.24) is 10.6 Å². The van der Waals surface area contributed by atoms with Gasteiger partial charge in [-0.25, -0.2) is 0 Å². The number of carbonyl (C=O) groups excluding carboxylic acids is 2. The van der Waals surface area contributed by atoms with Crippen molar-refractivity contribution in [3.63, 3.8) is 0 Å². The summed E-state index contributed by atoms with van der Waals surface area (Å²) < 4.78 is 0. The molecule has 96 valence electrons. The highest BCUT2D eigenvalue weighted by atomic mass is 35.5. The summed E-state index contributed by atoms with van der Waals surface area (Å²) in [6.07, 6.45) is 2.43. The fraction of sp³-hybridized carbons (Fsp3) is 0.385. The van der Waals surface area contributed by atoms with Gasteiger partial charge in [-0.1, -0.05) is 23.7 Å². The molecule has 2 rings (SSSR count). The summed E-state index contributed by atoms with van der Waals surface area (Å²) >= 11 is 5.90. The van der Waals surface area contributed by atoms with Crippen molar-refractivity contribution >= 4 is 23.4 Å². The Bertz CT molecular complexity index is 458. The average molecular weight is 267 g/mol. The first-order chi connectivity index (χ1) is 8.66. The highest BCUT2D eigenvalue weighted by molar-refractivity contribution is 6.33. The van der Waals surface area contributed by atoms with E-state index in [0.717, 1.165) is 12.8 Å². The van der Waals surface area contributed by atoms with Crippen LogP contribution in [0, 0.1) is 0 Å². The second-order valence-corrected chi connectivity index (χ2v) is 4.73. The van der Waals surface area contributed by atoms with Crippen molar-refractivity contribution in [2.75, 3.05) is 6.54 Å². The van der Waals surface area contributed by atoms with E-state index in [4.69, 9.17) is 11.6 Å². The Morgan fingerprint density at radius 3 is 2.67 bits per heavy atom. The molecule has 0 heterocycles. The van der Waals surface area contributed by atoms with Gasteiger partial charge in [-0.15, -0.1) is 0 Å². The standard InChI is InChI=1S/C13H15ClN2O2/c14-11-4-2-1-3-10(11)13(18)15-8-7-12(17)16-9-5-6-9/h1-4,9H,5-8H2,(H,15,18)(H,16,17). The van der Waals surface area contributed by atoms with E-state index in [2.05, 4.69) is 10.6 Å². The molecule has 1 aromatic rings. The van der Waals surface area contributed by atoms with Crippen molar-refractivity contribution < 1.29 is 9.59 Å². The van der Waals surface area contributed by atoms with Gasteiger partial charge < -0.3 is 10.6 Å². The zero-order valence-corrected chi connectivity index (χ0v) is 10.7. The largest absolute Gasteiger partial charge is 0.353 e. The van der Waals surface area contributed by atoms with Gasteiger partial charge >= 0.3 is 0 Å². The van der Waals surface area contributed by atoms with E-state index in [-0.39, 0.29) is 11.8 Å². The van der Waals surface area contributed by atoms with Crippen LogP contribution < -0.4 is 10.6 Å². The first-order valence-electron chi connectivity index (χ1n) is 5.99. The van der Waals surface area contributed by atoms with Crippen LogP contribution in [0.15, 0.2) is 24.3 Å². The van der Waals surface area contributed by atoms with Crippen LogP contribution in [0.1, 0.15) is 29.6 Å².